The van der Waals surface area contributed by atoms with Crippen molar-refractivity contribution >= 4 is 23.1 Å². The molecule has 0 aliphatic carbocycles. The van der Waals surface area contributed by atoms with Gasteiger partial charge in [0.15, 0.2) is 11.0 Å². The number of aryl methyl sites for hydroxylation is 2. The highest BCUT2D eigenvalue weighted by Gasteiger charge is 2.18. The molecule has 0 aliphatic rings. The third kappa shape index (κ3) is 3.56. The standard InChI is InChI=1S/C18H17N5OS2/c1-3-13-10-16(20-12(2)19-13)26-18-22-21-17(15-7-5-9-25-15)23(18)11-14-6-4-8-24-14/h4-10H,3,11H2,1-2H3. The quantitative estimate of drug-likeness (QED) is 0.458. The van der Waals surface area contributed by atoms with Crippen molar-refractivity contribution in [2.75, 3.05) is 0 Å². The fourth-order valence-electron chi connectivity index (χ4n) is 2.58. The molecule has 0 bridgehead atoms. The second-order valence-corrected chi connectivity index (χ2v) is 7.58. The Morgan fingerprint density at radius 3 is 2.85 bits per heavy atom. The largest absolute Gasteiger partial charge is 0.467 e. The van der Waals surface area contributed by atoms with Crippen LogP contribution in [-0.4, -0.2) is 24.7 Å². The molecule has 0 aliphatic heterocycles. The van der Waals surface area contributed by atoms with Gasteiger partial charge >= 0.3 is 0 Å². The first-order valence-electron chi connectivity index (χ1n) is 8.25. The Kier molecular flexibility index (Phi) is 4.85. The van der Waals surface area contributed by atoms with E-state index in [2.05, 4.69) is 31.7 Å². The Bertz CT molecular complexity index is 993. The van der Waals surface area contributed by atoms with E-state index < -0.39 is 0 Å². The predicted octanol–water partition coefficient (Wildman–Crippen LogP) is 4.46. The molecule has 0 amide bonds. The van der Waals surface area contributed by atoms with E-state index in [-0.39, 0.29) is 0 Å². The SMILES string of the molecule is CCc1cc(Sc2nnc(-c3cccs3)n2Cc2ccco2)nc(C)n1. The maximum atomic E-state index is 5.53. The summed E-state index contributed by atoms with van der Waals surface area (Å²) in [7, 11) is 0. The summed E-state index contributed by atoms with van der Waals surface area (Å²) in [4.78, 5) is 10.1. The lowest BCUT2D eigenvalue weighted by Gasteiger charge is -2.08. The summed E-state index contributed by atoms with van der Waals surface area (Å²) in [6, 6.07) is 9.91. The number of nitrogens with zero attached hydrogens (tertiary/aromatic N) is 5. The monoisotopic (exact) mass is 383 g/mol. The van der Waals surface area contributed by atoms with Crippen LogP contribution in [0.1, 0.15) is 24.2 Å². The maximum Gasteiger partial charge on any atom is 0.198 e. The first-order valence-corrected chi connectivity index (χ1v) is 9.94. The van der Waals surface area contributed by atoms with E-state index in [0.717, 1.165) is 44.6 Å². The highest BCUT2D eigenvalue weighted by molar-refractivity contribution is 7.99. The molecule has 6 nitrogen and oxygen atoms in total. The molecule has 8 heteroatoms. The normalized spacial score (nSPS) is 11.2. The smallest absolute Gasteiger partial charge is 0.198 e. The highest BCUT2D eigenvalue weighted by atomic mass is 32.2. The van der Waals surface area contributed by atoms with Crippen molar-refractivity contribution in [1.82, 2.24) is 24.7 Å². The molecule has 26 heavy (non-hydrogen) atoms. The van der Waals surface area contributed by atoms with Crippen LogP contribution in [0.4, 0.5) is 0 Å². The molecule has 0 atom stereocenters. The summed E-state index contributed by atoms with van der Waals surface area (Å²) in [5.74, 6) is 2.46. The van der Waals surface area contributed by atoms with Crippen LogP contribution in [0.2, 0.25) is 0 Å². The lowest BCUT2D eigenvalue weighted by atomic mass is 10.3. The van der Waals surface area contributed by atoms with Gasteiger partial charge < -0.3 is 4.42 Å². The molecule has 4 rings (SSSR count). The molecule has 0 aromatic carbocycles. The van der Waals surface area contributed by atoms with E-state index in [9.17, 15) is 0 Å². The lowest BCUT2D eigenvalue weighted by Crippen LogP contribution is -2.03. The minimum absolute atomic E-state index is 0.570. The van der Waals surface area contributed by atoms with Crippen molar-refractivity contribution in [3.63, 3.8) is 0 Å². The molecule has 0 saturated heterocycles. The van der Waals surface area contributed by atoms with Crippen molar-refractivity contribution < 1.29 is 4.42 Å². The van der Waals surface area contributed by atoms with Gasteiger partial charge in [-0.3, -0.25) is 4.57 Å². The fourth-order valence-corrected chi connectivity index (χ4v) is 4.20. The molecular formula is C18H17N5OS2. The van der Waals surface area contributed by atoms with Crippen LogP contribution in [0, 0.1) is 6.92 Å². The van der Waals surface area contributed by atoms with E-state index in [4.69, 9.17) is 4.42 Å². The average Bonchev–Trinajstić information content (AvgIpc) is 3.37. The van der Waals surface area contributed by atoms with E-state index in [0.29, 0.717) is 6.54 Å². The maximum absolute atomic E-state index is 5.53. The molecular weight excluding hydrogens is 366 g/mol. The van der Waals surface area contributed by atoms with Crippen LogP contribution in [0.25, 0.3) is 10.7 Å². The van der Waals surface area contributed by atoms with Crippen LogP contribution >= 0.6 is 23.1 Å². The second kappa shape index (κ2) is 7.43. The van der Waals surface area contributed by atoms with Crippen molar-refractivity contribution in [2.24, 2.45) is 0 Å². The first kappa shape index (κ1) is 17.0. The van der Waals surface area contributed by atoms with E-state index in [1.807, 2.05) is 42.6 Å². The molecule has 0 spiro atoms. The molecule has 0 saturated carbocycles. The highest BCUT2D eigenvalue weighted by Crippen LogP contribution is 2.31. The summed E-state index contributed by atoms with van der Waals surface area (Å²) >= 11 is 3.14. The van der Waals surface area contributed by atoms with Gasteiger partial charge in [-0.2, -0.15) is 0 Å². The fraction of sp³-hybridized carbons (Fsp3) is 0.222. The number of aromatic nitrogens is 5. The molecule has 4 aromatic heterocycles. The van der Waals surface area contributed by atoms with E-state index >= 15 is 0 Å². The average molecular weight is 384 g/mol. The molecule has 0 radical (unpaired) electrons. The van der Waals surface area contributed by atoms with Crippen molar-refractivity contribution in [3.8, 4) is 10.7 Å². The Hall–Kier alpha value is -2.45. The van der Waals surface area contributed by atoms with Crippen molar-refractivity contribution in [2.45, 2.75) is 37.0 Å². The summed E-state index contributed by atoms with van der Waals surface area (Å²) < 4.78 is 7.60. The number of thiophene rings is 1. The minimum Gasteiger partial charge on any atom is -0.467 e. The summed E-state index contributed by atoms with van der Waals surface area (Å²) in [5.41, 5.74) is 1.02. The summed E-state index contributed by atoms with van der Waals surface area (Å²) in [6.45, 7) is 4.57. The first-order chi connectivity index (χ1) is 12.7. The zero-order valence-electron chi connectivity index (χ0n) is 14.4. The van der Waals surface area contributed by atoms with Crippen LogP contribution in [0.5, 0.6) is 0 Å². The van der Waals surface area contributed by atoms with Gasteiger partial charge in [0.05, 0.1) is 17.7 Å². The van der Waals surface area contributed by atoms with Crippen molar-refractivity contribution in [3.05, 3.63) is 59.3 Å². The van der Waals surface area contributed by atoms with Gasteiger partial charge in [-0.1, -0.05) is 13.0 Å². The Morgan fingerprint density at radius 1 is 1.19 bits per heavy atom. The van der Waals surface area contributed by atoms with Gasteiger partial charge in [0.1, 0.15) is 16.6 Å². The number of hydrogen-bond donors (Lipinski definition) is 0. The summed E-state index contributed by atoms with van der Waals surface area (Å²) in [6.07, 6.45) is 2.55. The Balaban J connectivity index is 1.72. The Labute approximate surface area is 159 Å². The number of rotatable bonds is 6. The number of furan rings is 1. The number of hydrogen-bond acceptors (Lipinski definition) is 7. The van der Waals surface area contributed by atoms with Gasteiger partial charge in [0, 0.05) is 5.69 Å². The van der Waals surface area contributed by atoms with Crippen LogP contribution in [0.15, 0.2) is 56.6 Å². The van der Waals surface area contributed by atoms with Crippen LogP contribution in [-0.2, 0) is 13.0 Å². The Morgan fingerprint density at radius 2 is 2.12 bits per heavy atom. The third-order valence-electron chi connectivity index (χ3n) is 3.78. The van der Waals surface area contributed by atoms with Gasteiger partial charge in [-0.25, -0.2) is 9.97 Å². The third-order valence-corrected chi connectivity index (χ3v) is 5.55. The summed E-state index contributed by atoms with van der Waals surface area (Å²) in [5, 5.41) is 12.5. The van der Waals surface area contributed by atoms with Gasteiger partial charge in [-0.05, 0) is 54.8 Å². The predicted molar refractivity (Wildman–Crippen MR) is 101 cm³/mol. The van der Waals surface area contributed by atoms with E-state index in [1.165, 1.54) is 11.8 Å². The van der Waals surface area contributed by atoms with Gasteiger partial charge in [0.25, 0.3) is 0 Å². The topological polar surface area (TPSA) is 69.6 Å². The van der Waals surface area contributed by atoms with Crippen molar-refractivity contribution in [1.29, 1.82) is 0 Å². The zero-order valence-corrected chi connectivity index (χ0v) is 16.0. The lowest BCUT2D eigenvalue weighted by molar-refractivity contribution is 0.485. The molecule has 4 heterocycles. The van der Waals surface area contributed by atoms with Gasteiger partial charge in [0.2, 0.25) is 0 Å². The molecule has 0 N–H and O–H groups in total. The minimum atomic E-state index is 0.570. The van der Waals surface area contributed by atoms with E-state index in [1.54, 1.807) is 17.6 Å². The van der Waals surface area contributed by atoms with Crippen LogP contribution < -0.4 is 0 Å². The molecule has 0 unspecified atom stereocenters. The zero-order chi connectivity index (χ0) is 17.9. The van der Waals surface area contributed by atoms with Crippen LogP contribution in [0.3, 0.4) is 0 Å². The van der Waals surface area contributed by atoms with Gasteiger partial charge in [-0.15, -0.1) is 21.5 Å². The molecule has 132 valence electrons. The molecule has 0 fully saturated rings. The second-order valence-electron chi connectivity index (χ2n) is 5.65. The molecule has 4 aromatic rings.